The van der Waals surface area contributed by atoms with Gasteiger partial charge in [0.2, 0.25) is 11.9 Å². The molecule has 10 heteroatoms. The minimum absolute atomic E-state index is 0.163. The van der Waals surface area contributed by atoms with Crippen LogP contribution in [0.25, 0.3) is 0 Å². The van der Waals surface area contributed by atoms with Crippen molar-refractivity contribution in [3.05, 3.63) is 58.8 Å². The van der Waals surface area contributed by atoms with Gasteiger partial charge in [0.05, 0.1) is 19.6 Å². The van der Waals surface area contributed by atoms with Crippen LogP contribution < -0.4 is 20.1 Å². The molecule has 0 bridgehead atoms. The molecule has 2 N–H and O–H groups in total. The third kappa shape index (κ3) is 4.28. The van der Waals surface area contributed by atoms with Crippen molar-refractivity contribution in [3.63, 3.8) is 0 Å². The van der Waals surface area contributed by atoms with Crippen molar-refractivity contribution in [1.82, 2.24) is 14.8 Å². The monoisotopic (exact) mass is 471 g/mol. The molecule has 0 saturated heterocycles. The van der Waals surface area contributed by atoms with Crippen LogP contribution >= 0.6 is 15.9 Å². The van der Waals surface area contributed by atoms with Crippen molar-refractivity contribution in [2.45, 2.75) is 12.5 Å². The molecule has 1 unspecified atom stereocenters. The summed E-state index contributed by atoms with van der Waals surface area (Å²) in [5, 5.41) is 9.67. The van der Waals surface area contributed by atoms with E-state index in [9.17, 15) is 9.59 Å². The summed E-state index contributed by atoms with van der Waals surface area (Å²) in [4.78, 5) is 28.5. The molecule has 4 rings (SSSR count). The molecule has 1 aliphatic rings. The van der Waals surface area contributed by atoms with Crippen molar-refractivity contribution in [1.29, 1.82) is 0 Å². The number of nitrogens with zero attached hydrogens (tertiary/aromatic N) is 3. The lowest BCUT2D eigenvalue weighted by Gasteiger charge is -2.25. The molecule has 3 aromatic rings. The predicted molar refractivity (Wildman–Crippen MR) is 113 cm³/mol. The number of aromatic nitrogens is 3. The number of methoxy groups -OCH3 is 1. The van der Waals surface area contributed by atoms with Crippen LogP contribution in [0.15, 0.2) is 53.3 Å². The van der Waals surface area contributed by atoms with E-state index in [-0.39, 0.29) is 24.8 Å². The van der Waals surface area contributed by atoms with Crippen molar-refractivity contribution in [2.75, 3.05) is 24.4 Å². The molecule has 2 aromatic carbocycles. The SMILES string of the molecule is COc1ccc(NC(=O)COc2ccc(Br)cc2C2CC(=O)Nc3ncnn32)cc1. The fourth-order valence-corrected chi connectivity index (χ4v) is 3.55. The number of hydrogen-bond acceptors (Lipinski definition) is 6. The number of benzene rings is 2. The maximum Gasteiger partial charge on any atom is 0.262 e. The van der Waals surface area contributed by atoms with Gasteiger partial charge in [0.25, 0.3) is 5.91 Å². The van der Waals surface area contributed by atoms with E-state index in [1.165, 1.54) is 6.33 Å². The molecular weight excluding hydrogens is 454 g/mol. The summed E-state index contributed by atoms with van der Waals surface area (Å²) in [6.45, 7) is -0.191. The van der Waals surface area contributed by atoms with E-state index < -0.39 is 6.04 Å². The van der Waals surface area contributed by atoms with E-state index in [4.69, 9.17) is 9.47 Å². The average molecular weight is 472 g/mol. The topological polar surface area (TPSA) is 107 Å². The first kappa shape index (κ1) is 19.9. The van der Waals surface area contributed by atoms with Crippen LogP contribution in [0.2, 0.25) is 0 Å². The minimum Gasteiger partial charge on any atom is -0.497 e. The molecule has 1 aliphatic heterocycles. The van der Waals surface area contributed by atoms with Gasteiger partial charge in [-0.15, -0.1) is 0 Å². The molecule has 2 amide bonds. The smallest absolute Gasteiger partial charge is 0.262 e. The van der Waals surface area contributed by atoms with E-state index in [0.29, 0.717) is 23.1 Å². The summed E-state index contributed by atoms with van der Waals surface area (Å²) in [5.74, 6) is 1.09. The quantitative estimate of drug-likeness (QED) is 0.572. The molecule has 154 valence electrons. The molecule has 0 spiro atoms. The number of nitrogens with one attached hydrogen (secondary N) is 2. The zero-order valence-corrected chi connectivity index (χ0v) is 17.5. The van der Waals surface area contributed by atoms with Crippen molar-refractivity contribution in [3.8, 4) is 11.5 Å². The highest BCUT2D eigenvalue weighted by molar-refractivity contribution is 9.10. The number of anilines is 2. The highest BCUT2D eigenvalue weighted by Gasteiger charge is 2.30. The molecule has 0 aliphatic carbocycles. The molecule has 9 nitrogen and oxygen atoms in total. The van der Waals surface area contributed by atoms with Gasteiger partial charge in [-0.05, 0) is 42.5 Å². The van der Waals surface area contributed by atoms with Gasteiger partial charge in [-0.3, -0.25) is 14.9 Å². The fourth-order valence-electron chi connectivity index (χ4n) is 3.17. The molecule has 0 radical (unpaired) electrons. The van der Waals surface area contributed by atoms with E-state index in [2.05, 4.69) is 36.6 Å². The van der Waals surface area contributed by atoms with E-state index in [1.54, 1.807) is 42.1 Å². The van der Waals surface area contributed by atoms with Crippen LogP contribution in [-0.4, -0.2) is 40.3 Å². The molecule has 2 heterocycles. The number of amides is 2. The van der Waals surface area contributed by atoms with Crippen LogP contribution in [0.5, 0.6) is 11.5 Å². The summed E-state index contributed by atoms with van der Waals surface area (Å²) in [5.41, 5.74) is 1.36. The Kier molecular flexibility index (Phi) is 5.66. The second-order valence-electron chi connectivity index (χ2n) is 6.54. The first-order valence-corrected chi connectivity index (χ1v) is 9.88. The number of carbonyl (C=O) groups is 2. The van der Waals surface area contributed by atoms with Gasteiger partial charge in [0.15, 0.2) is 6.61 Å². The number of carbonyl (C=O) groups excluding carboxylic acids is 2. The third-order valence-electron chi connectivity index (χ3n) is 4.56. The van der Waals surface area contributed by atoms with Crippen molar-refractivity contribution < 1.29 is 19.1 Å². The Balaban J connectivity index is 1.50. The van der Waals surface area contributed by atoms with Crippen LogP contribution in [0.1, 0.15) is 18.0 Å². The number of halogens is 1. The maximum absolute atomic E-state index is 12.3. The van der Waals surface area contributed by atoms with Crippen LogP contribution in [-0.2, 0) is 9.59 Å². The largest absolute Gasteiger partial charge is 0.497 e. The predicted octanol–water partition coefficient (Wildman–Crippen LogP) is 3.00. The molecular formula is C20H18BrN5O4. The third-order valence-corrected chi connectivity index (χ3v) is 5.05. The first-order chi connectivity index (χ1) is 14.5. The highest BCUT2D eigenvalue weighted by atomic mass is 79.9. The van der Waals surface area contributed by atoms with Gasteiger partial charge < -0.3 is 14.8 Å². The molecule has 1 aromatic heterocycles. The summed E-state index contributed by atoms with van der Waals surface area (Å²) in [6.07, 6.45) is 1.57. The Labute approximate surface area is 180 Å². The minimum atomic E-state index is -0.395. The van der Waals surface area contributed by atoms with Crippen LogP contribution in [0, 0.1) is 0 Å². The Morgan fingerprint density at radius 1 is 1.30 bits per heavy atom. The standard InChI is InChI=1S/C20H18BrN5O4/c1-29-14-5-3-13(4-6-14)24-19(28)10-30-17-7-2-12(21)8-15(17)16-9-18(27)25-20-22-11-23-26(16)20/h2-8,11,16H,9-10H2,1H3,(H,24,28)(H,22,23,25,27). The summed E-state index contributed by atoms with van der Waals surface area (Å²) in [6, 6.07) is 12.0. The van der Waals surface area contributed by atoms with Crippen molar-refractivity contribution in [2.24, 2.45) is 0 Å². The normalized spacial score (nSPS) is 15.1. The van der Waals surface area contributed by atoms with Gasteiger partial charge in [0.1, 0.15) is 17.8 Å². The maximum atomic E-state index is 12.3. The number of fused-ring (bicyclic) bond motifs is 1. The average Bonchev–Trinajstić information content (AvgIpc) is 3.21. The molecule has 30 heavy (non-hydrogen) atoms. The lowest BCUT2D eigenvalue weighted by Crippen LogP contribution is -2.30. The summed E-state index contributed by atoms with van der Waals surface area (Å²) >= 11 is 3.45. The van der Waals surface area contributed by atoms with E-state index in [1.807, 2.05) is 12.1 Å². The summed E-state index contributed by atoms with van der Waals surface area (Å²) in [7, 11) is 1.58. The Morgan fingerprint density at radius 3 is 2.87 bits per heavy atom. The van der Waals surface area contributed by atoms with Crippen LogP contribution in [0.4, 0.5) is 11.6 Å². The second-order valence-corrected chi connectivity index (χ2v) is 7.46. The van der Waals surface area contributed by atoms with Crippen molar-refractivity contribution >= 4 is 39.4 Å². The molecule has 0 fully saturated rings. The lowest BCUT2D eigenvalue weighted by atomic mass is 10.0. The number of hydrogen-bond donors (Lipinski definition) is 2. The number of ether oxygens (including phenoxy) is 2. The zero-order valence-electron chi connectivity index (χ0n) is 16.0. The second kappa shape index (κ2) is 8.54. The van der Waals surface area contributed by atoms with Gasteiger partial charge in [-0.2, -0.15) is 10.1 Å². The Bertz CT molecular complexity index is 1080. The Hall–Kier alpha value is -3.40. The summed E-state index contributed by atoms with van der Waals surface area (Å²) < 4.78 is 13.4. The lowest BCUT2D eigenvalue weighted by molar-refractivity contribution is -0.118. The van der Waals surface area contributed by atoms with E-state index >= 15 is 0 Å². The van der Waals surface area contributed by atoms with Gasteiger partial charge in [0, 0.05) is 15.7 Å². The number of rotatable bonds is 6. The van der Waals surface area contributed by atoms with E-state index in [0.717, 1.165) is 10.0 Å². The Morgan fingerprint density at radius 2 is 2.10 bits per heavy atom. The zero-order chi connectivity index (χ0) is 21.1. The fraction of sp³-hybridized carbons (Fsp3) is 0.200. The van der Waals surface area contributed by atoms with Gasteiger partial charge in [-0.25, -0.2) is 4.68 Å². The molecule has 0 saturated carbocycles. The molecule has 1 atom stereocenters. The highest BCUT2D eigenvalue weighted by Crippen LogP contribution is 2.36. The van der Waals surface area contributed by atoms with Gasteiger partial charge >= 0.3 is 0 Å². The van der Waals surface area contributed by atoms with Crippen LogP contribution in [0.3, 0.4) is 0 Å². The first-order valence-electron chi connectivity index (χ1n) is 9.09. The van der Waals surface area contributed by atoms with Gasteiger partial charge in [-0.1, -0.05) is 15.9 Å².